The Morgan fingerprint density at radius 1 is 0.972 bits per heavy atom. The normalized spacial score (nSPS) is 14.7. The van der Waals surface area contributed by atoms with Crippen LogP contribution in [0.1, 0.15) is 16.8 Å². The van der Waals surface area contributed by atoms with Crippen molar-refractivity contribution in [3.05, 3.63) is 99.2 Å². The number of hydrogen-bond acceptors (Lipinski definition) is 3. The predicted octanol–water partition coefficient (Wildman–Crippen LogP) is 6.11. The monoisotopic (exact) mass is 519 g/mol. The Morgan fingerprint density at radius 3 is 2.50 bits per heavy atom. The summed E-state index contributed by atoms with van der Waals surface area (Å²) in [6, 6.07) is 20.3. The molecule has 1 aliphatic heterocycles. The fraction of sp³-hybridized carbons (Fsp3) is 0.143. The van der Waals surface area contributed by atoms with Crippen LogP contribution in [-0.2, 0) is 16.1 Å². The molecule has 5 rings (SSSR count). The number of carbonyl (C=O) groups is 2. The van der Waals surface area contributed by atoms with Crippen LogP contribution in [0.3, 0.4) is 0 Å². The molecule has 6 nitrogen and oxygen atoms in total. The van der Waals surface area contributed by atoms with E-state index in [-0.39, 0.29) is 11.5 Å². The minimum absolute atomic E-state index is 0.0895. The van der Waals surface area contributed by atoms with Gasteiger partial charge < -0.3 is 9.30 Å². The molecule has 182 valence electrons. The number of nitrogens with zero attached hydrogens (tertiary/aromatic N) is 2. The van der Waals surface area contributed by atoms with Gasteiger partial charge in [-0.1, -0.05) is 53.0 Å². The Morgan fingerprint density at radius 2 is 1.75 bits per heavy atom. The number of halogens is 2. The van der Waals surface area contributed by atoms with Crippen molar-refractivity contribution in [2.24, 2.45) is 0 Å². The summed E-state index contributed by atoms with van der Waals surface area (Å²) >= 11 is 12.2. The number of amides is 2. The summed E-state index contributed by atoms with van der Waals surface area (Å²) in [5.41, 5.74) is 7.18. The average molecular weight is 520 g/mol. The van der Waals surface area contributed by atoms with Crippen LogP contribution in [0, 0.1) is 13.8 Å². The first kappa shape index (κ1) is 24.0. The van der Waals surface area contributed by atoms with Gasteiger partial charge in [0.05, 0.1) is 17.3 Å². The van der Waals surface area contributed by atoms with Crippen molar-refractivity contribution in [1.29, 1.82) is 0 Å². The summed E-state index contributed by atoms with van der Waals surface area (Å²) in [6.07, 6.45) is 1.69. The standard InChI is InChI=1S/C28H23Cl2N3O3/c1-17-8-10-25-22(14-17)21(16-23-27(34)31-33(28(23)35)20-6-4-3-5-7-20)18(2)32(25)12-13-36-26-11-9-19(29)15-24(26)30/h3-11,14-16H,12-13H2,1-2H3,(H,31,34)/b23-16+. The number of carbonyl (C=O) groups excluding carboxylic acids is 2. The molecule has 1 saturated heterocycles. The summed E-state index contributed by atoms with van der Waals surface area (Å²) in [6.45, 7) is 4.91. The molecule has 0 atom stereocenters. The number of hydrogen-bond donors (Lipinski definition) is 1. The van der Waals surface area contributed by atoms with Crippen LogP contribution >= 0.6 is 23.2 Å². The van der Waals surface area contributed by atoms with Crippen molar-refractivity contribution in [3.63, 3.8) is 0 Å². The smallest absolute Gasteiger partial charge is 0.282 e. The van der Waals surface area contributed by atoms with Crippen molar-refractivity contribution < 1.29 is 14.3 Å². The zero-order valence-electron chi connectivity index (χ0n) is 19.7. The van der Waals surface area contributed by atoms with E-state index in [1.54, 1.807) is 36.4 Å². The molecule has 0 spiro atoms. The number of rotatable bonds is 6. The Labute approximate surface area is 218 Å². The van der Waals surface area contributed by atoms with Crippen molar-refractivity contribution in [2.45, 2.75) is 20.4 Å². The molecule has 1 aliphatic rings. The average Bonchev–Trinajstić information content (AvgIpc) is 3.28. The summed E-state index contributed by atoms with van der Waals surface area (Å²) in [5.74, 6) is -0.264. The van der Waals surface area contributed by atoms with E-state index in [4.69, 9.17) is 27.9 Å². The van der Waals surface area contributed by atoms with Crippen LogP contribution in [0.25, 0.3) is 17.0 Å². The van der Waals surface area contributed by atoms with Crippen LogP contribution in [0.2, 0.25) is 10.0 Å². The number of hydrazine groups is 1. The fourth-order valence-corrected chi connectivity index (χ4v) is 4.86. The van der Waals surface area contributed by atoms with Crippen molar-refractivity contribution in [2.75, 3.05) is 11.6 Å². The molecule has 8 heteroatoms. The molecule has 4 aromatic rings. The zero-order chi connectivity index (χ0) is 25.4. The minimum Gasteiger partial charge on any atom is -0.490 e. The number of aromatic nitrogens is 1. The molecule has 1 fully saturated rings. The van der Waals surface area contributed by atoms with E-state index >= 15 is 0 Å². The number of benzene rings is 3. The van der Waals surface area contributed by atoms with Gasteiger partial charge in [0.2, 0.25) is 0 Å². The number of nitrogens with one attached hydrogen (secondary N) is 1. The first-order valence-corrected chi connectivity index (χ1v) is 12.2. The molecule has 0 radical (unpaired) electrons. The summed E-state index contributed by atoms with van der Waals surface area (Å²) < 4.78 is 8.03. The van der Waals surface area contributed by atoms with Crippen molar-refractivity contribution in [1.82, 2.24) is 9.99 Å². The highest BCUT2D eigenvalue weighted by molar-refractivity contribution is 6.35. The lowest BCUT2D eigenvalue weighted by atomic mass is 10.1. The van der Waals surface area contributed by atoms with Crippen molar-refractivity contribution in [3.8, 4) is 5.75 Å². The Hall–Kier alpha value is -3.74. The van der Waals surface area contributed by atoms with Crippen LogP contribution in [-0.4, -0.2) is 23.0 Å². The second-order valence-corrected chi connectivity index (χ2v) is 9.41. The third-order valence-corrected chi connectivity index (χ3v) is 6.72. The first-order valence-electron chi connectivity index (χ1n) is 11.4. The SMILES string of the molecule is Cc1ccc2c(c1)c(/C=C1\C(=O)NN(c3ccccc3)C1=O)c(C)n2CCOc1ccc(Cl)cc1Cl. The summed E-state index contributed by atoms with van der Waals surface area (Å²) in [4.78, 5) is 25.9. The Kier molecular flexibility index (Phi) is 6.48. The van der Waals surface area contributed by atoms with Gasteiger partial charge in [-0.15, -0.1) is 0 Å². The molecule has 3 aromatic carbocycles. The third kappa shape index (κ3) is 4.45. The molecule has 0 saturated carbocycles. The van der Waals surface area contributed by atoms with E-state index in [0.29, 0.717) is 34.6 Å². The van der Waals surface area contributed by atoms with Gasteiger partial charge in [-0.05, 0) is 62.4 Å². The fourth-order valence-electron chi connectivity index (χ4n) is 4.39. The minimum atomic E-state index is -0.433. The van der Waals surface area contributed by atoms with Gasteiger partial charge in [-0.25, -0.2) is 5.01 Å². The van der Waals surface area contributed by atoms with E-state index in [9.17, 15) is 9.59 Å². The van der Waals surface area contributed by atoms with Crippen LogP contribution in [0.5, 0.6) is 5.75 Å². The maximum Gasteiger partial charge on any atom is 0.282 e. The molecule has 2 amide bonds. The van der Waals surface area contributed by atoms with E-state index < -0.39 is 5.91 Å². The highest BCUT2D eigenvalue weighted by Crippen LogP contribution is 2.31. The van der Waals surface area contributed by atoms with E-state index in [0.717, 1.165) is 27.7 Å². The number of para-hydroxylation sites is 1. The maximum absolute atomic E-state index is 13.2. The van der Waals surface area contributed by atoms with Crippen molar-refractivity contribution >= 4 is 57.7 Å². The topological polar surface area (TPSA) is 63.6 Å². The van der Waals surface area contributed by atoms with Gasteiger partial charge in [0, 0.05) is 27.2 Å². The van der Waals surface area contributed by atoms with Crippen LogP contribution in [0.15, 0.2) is 72.3 Å². The number of fused-ring (bicyclic) bond motifs is 1. The van der Waals surface area contributed by atoms with Gasteiger partial charge in [-0.2, -0.15) is 0 Å². The van der Waals surface area contributed by atoms with Gasteiger partial charge in [0.25, 0.3) is 11.8 Å². The lowest BCUT2D eigenvalue weighted by Gasteiger charge is -2.13. The zero-order valence-corrected chi connectivity index (χ0v) is 21.2. The summed E-state index contributed by atoms with van der Waals surface area (Å²) in [7, 11) is 0. The molecule has 1 aromatic heterocycles. The second kappa shape index (κ2) is 9.72. The molecular weight excluding hydrogens is 497 g/mol. The number of aryl methyl sites for hydroxylation is 1. The first-order chi connectivity index (χ1) is 17.3. The van der Waals surface area contributed by atoms with E-state index in [1.807, 2.05) is 44.2 Å². The van der Waals surface area contributed by atoms with E-state index in [2.05, 4.69) is 16.1 Å². The largest absolute Gasteiger partial charge is 0.490 e. The van der Waals surface area contributed by atoms with E-state index in [1.165, 1.54) is 5.01 Å². The summed E-state index contributed by atoms with van der Waals surface area (Å²) in [5, 5.41) is 3.23. The lowest BCUT2D eigenvalue weighted by molar-refractivity contribution is -0.117. The number of ether oxygens (including phenoxy) is 1. The molecule has 0 unspecified atom stereocenters. The molecule has 0 bridgehead atoms. The Balaban J connectivity index is 1.48. The molecule has 2 heterocycles. The maximum atomic E-state index is 13.2. The molecule has 36 heavy (non-hydrogen) atoms. The molecule has 1 N–H and O–H groups in total. The van der Waals surface area contributed by atoms with Crippen LogP contribution < -0.4 is 15.2 Å². The third-order valence-electron chi connectivity index (χ3n) is 6.19. The predicted molar refractivity (Wildman–Crippen MR) is 143 cm³/mol. The van der Waals surface area contributed by atoms with Gasteiger partial charge in [0.15, 0.2) is 0 Å². The quantitative estimate of drug-likeness (QED) is 0.247. The highest BCUT2D eigenvalue weighted by Gasteiger charge is 2.34. The van der Waals surface area contributed by atoms with Crippen LogP contribution in [0.4, 0.5) is 5.69 Å². The molecule has 0 aliphatic carbocycles. The van der Waals surface area contributed by atoms with Gasteiger partial charge in [-0.3, -0.25) is 15.0 Å². The number of anilines is 1. The second-order valence-electron chi connectivity index (χ2n) is 8.57. The lowest BCUT2D eigenvalue weighted by Crippen LogP contribution is -2.35. The Bertz CT molecular complexity index is 1530. The molecular formula is C28H23Cl2N3O3. The van der Waals surface area contributed by atoms with Gasteiger partial charge in [0.1, 0.15) is 17.9 Å². The highest BCUT2D eigenvalue weighted by atomic mass is 35.5. The van der Waals surface area contributed by atoms with Gasteiger partial charge >= 0.3 is 0 Å².